The Balaban J connectivity index is 2.20. The van der Waals surface area contributed by atoms with E-state index in [1.54, 1.807) is 0 Å². The van der Waals surface area contributed by atoms with Crippen LogP contribution in [-0.2, 0) is 17.8 Å². The minimum atomic E-state index is -0.649. The van der Waals surface area contributed by atoms with E-state index in [2.05, 4.69) is 15.1 Å². The van der Waals surface area contributed by atoms with E-state index in [0.29, 0.717) is 4.77 Å². The SMILES string of the molecule is Cn1c(N2CCS(=O)CC2)n[nH]c1=S. The van der Waals surface area contributed by atoms with Crippen molar-refractivity contribution < 1.29 is 4.21 Å². The molecule has 0 bridgehead atoms. The highest BCUT2D eigenvalue weighted by Crippen LogP contribution is 2.11. The van der Waals surface area contributed by atoms with E-state index in [9.17, 15) is 4.21 Å². The number of hydrogen-bond donors (Lipinski definition) is 1. The fraction of sp³-hybridized carbons (Fsp3) is 0.714. The number of H-pyrrole nitrogens is 1. The normalized spacial score (nSPS) is 18.8. The van der Waals surface area contributed by atoms with Crippen LogP contribution >= 0.6 is 12.2 Å². The molecule has 1 aromatic rings. The highest BCUT2D eigenvalue weighted by atomic mass is 32.2. The molecule has 2 rings (SSSR count). The van der Waals surface area contributed by atoms with Gasteiger partial charge in [0.25, 0.3) is 0 Å². The lowest BCUT2D eigenvalue weighted by atomic mass is 10.5. The summed E-state index contributed by atoms with van der Waals surface area (Å²) in [5, 5.41) is 6.88. The molecule has 1 fully saturated rings. The monoisotopic (exact) mass is 232 g/mol. The van der Waals surface area contributed by atoms with E-state index < -0.39 is 10.8 Å². The smallest absolute Gasteiger partial charge is 0.225 e. The maximum absolute atomic E-state index is 11.2. The van der Waals surface area contributed by atoms with E-state index >= 15 is 0 Å². The molecule has 0 radical (unpaired) electrons. The molecule has 78 valence electrons. The molecule has 1 saturated heterocycles. The molecule has 0 aromatic carbocycles. The van der Waals surface area contributed by atoms with Gasteiger partial charge in [-0.1, -0.05) is 0 Å². The Morgan fingerprint density at radius 1 is 1.50 bits per heavy atom. The van der Waals surface area contributed by atoms with Gasteiger partial charge >= 0.3 is 0 Å². The summed E-state index contributed by atoms with van der Waals surface area (Å²) < 4.78 is 13.6. The molecule has 0 spiro atoms. The molecule has 14 heavy (non-hydrogen) atoms. The Morgan fingerprint density at radius 2 is 2.14 bits per heavy atom. The van der Waals surface area contributed by atoms with Crippen LogP contribution in [0.2, 0.25) is 0 Å². The molecule has 1 N–H and O–H groups in total. The summed E-state index contributed by atoms with van der Waals surface area (Å²) >= 11 is 5.02. The fourth-order valence-electron chi connectivity index (χ4n) is 1.46. The molecule has 1 aromatic heterocycles. The third kappa shape index (κ3) is 1.74. The number of anilines is 1. The van der Waals surface area contributed by atoms with Crippen LogP contribution in [0, 0.1) is 4.77 Å². The predicted molar refractivity (Wildman–Crippen MR) is 58.5 cm³/mol. The number of nitrogens with zero attached hydrogens (tertiary/aromatic N) is 3. The van der Waals surface area contributed by atoms with Crippen LogP contribution in [0.4, 0.5) is 5.95 Å². The van der Waals surface area contributed by atoms with Gasteiger partial charge in [0, 0.05) is 42.4 Å². The Hall–Kier alpha value is -0.690. The highest BCUT2D eigenvalue weighted by Gasteiger charge is 2.18. The van der Waals surface area contributed by atoms with Gasteiger partial charge in [-0.25, -0.2) is 5.10 Å². The summed E-state index contributed by atoms with van der Waals surface area (Å²) in [6.07, 6.45) is 0. The van der Waals surface area contributed by atoms with Crippen LogP contribution in [0.15, 0.2) is 0 Å². The van der Waals surface area contributed by atoms with Crippen molar-refractivity contribution in [2.45, 2.75) is 0 Å². The summed E-state index contributed by atoms with van der Waals surface area (Å²) in [6.45, 7) is 1.58. The molecule has 0 aliphatic carbocycles. The first-order valence-electron chi connectivity index (χ1n) is 4.40. The lowest BCUT2D eigenvalue weighted by molar-refractivity contribution is 0.668. The molecule has 2 heterocycles. The molecule has 1 aliphatic heterocycles. The van der Waals surface area contributed by atoms with Crippen LogP contribution < -0.4 is 4.90 Å². The molecule has 0 saturated carbocycles. The van der Waals surface area contributed by atoms with Gasteiger partial charge in [0.1, 0.15) is 0 Å². The Kier molecular flexibility index (Phi) is 2.69. The number of aromatic amines is 1. The summed E-state index contributed by atoms with van der Waals surface area (Å²) in [6, 6.07) is 0. The first-order valence-corrected chi connectivity index (χ1v) is 6.29. The van der Waals surface area contributed by atoms with Crippen molar-refractivity contribution in [3.8, 4) is 0 Å². The van der Waals surface area contributed by atoms with Crippen molar-refractivity contribution >= 4 is 29.0 Å². The second kappa shape index (κ2) is 3.82. The first-order chi connectivity index (χ1) is 6.68. The minimum absolute atomic E-state index is 0.617. The number of nitrogens with one attached hydrogen (secondary N) is 1. The van der Waals surface area contributed by atoms with Crippen LogP contribution in [0.3, 0.4) is 0 Å². The summed E-state index contributed by atoms with van der Waals surface area (Å²) in [7, 11) is 1.23. The third-order valence-electron chi connectivity index (χ3n) is 2.32. The Labute approximate surface area is 89.6 Å². The zero-order chi connectivity index (χ0) is 10.1. The number of hydrogen-bond acceptors (Lipinski definition) is 4. The van der Waals surface area contributed by atoms with Crippen molar-refractivity contribution in [1.82, 2.24) is 14.8 Å². The summed E-state index contributed by atoms with van der Waals surface area (Å²) in [4.78, 5) is 2.10. The van der Waals surface area contributed by atoms with Gasteiger partial charge in [-0.2, -0.15) is 0 Å². The van der Waals surface area contributed by atoms with Crippen LogP contribution in [-0.4, -0.2) is 43.6 Å². The topological polar surface area (TPSA) is 53.9 Å². The third-order valence-corrected chi connectivity index (χ3v) is 3.96. The summed E-state index contributed by atoms with van der Waals surface area (Å²) in [5.41, 5.74) is 0. The Morgan fingerprint density at radius 3 is 2.64 bits per heavy atom. The zero-order valence-corrected chi connectivity index (χ0v) is 9.53. The highest BCUT2D eigenvalue weighted by molar-refractivity contribution is 7.85. The van der Waals surface area contributed by atoms with E-state index in [4.69, 9.17) is 12.2 Å². The van der Waals surface area contributed by atoms with Gasteiger partial charge in [-0.3, -0.25) is 8.78 Å². The maximum atomic E-state index is 11.2. The maximum Gasteiger partial charge on any atom is 0.225 e. The van der Waals surface area contributed by atoms with E-state index in [-0.39, 0.29) is 0 Å². The largest absolute Gasteiger partial charge is 0.339 e. The lowest BCUT2D eigenvalue weighted by Crippen LogP contribution is -2.39. The second-order valence-electron chi connectivity index (χ2n) is 3.22. The zero-order valence-electron chi connectivity index (χ0n) is 7.89. The summed E-state index contributed by atoms with van der Waals surface area (Å²) in [5.74, 6) is 2.28. The van der Waals surface area contributed by atoms with Gasteiger partial charge in [0.05, 0.1) is 0 Å². The van der Waals surface area contributed by atoms with Crippen molar-refractivity contribution in [2.75, 3.05) is 29.5 Å². The molecule has 0 unspecified atom stereocenters. The quantitative estimate of drug-likeness (QED) is 0.695. The molecular weight excluding hydrogens is 220 g/mol. The van der Waals surface area contributed by atoms with E-state index in [1.165, 1.54) is 0 Å². The average molecular weight is 232 g/mol. The molecule has 0 atom stereocenters. The van der Waals surface area contributed by atoms with E-state index in [0.717, 1.165) is 30.5 Å². The van der Waals surface area contributed by atoms with Gasteiger partial charge in [-0.15, -0.1) is 5.10 Å². The van der Waals surface area contributed by atoms with Crippen molar-refractivity contribution in [2.24, 2.45) is 7.05 Å². The van der Waals surface area contributed by atoms with Crippen LogP contribution in [0.1, 0.15) is 0 Å². The predicted octanol–water partition coefficient (Wildman–Crippen LogP) is 0.0464. The first kappa shape index (κ1) is 9.85. The number of aromatic nitrogens is 3. The number of rotatable bonds is 1. The molecule has 7 heteroatoms. The molecule has 0 amide bonds. The Bertz CT molecular complexity index is 400. The lowest BCUT2D eigenvalue weighted by Gasteiger charge is -2.26. The molecule has 5 nitrogen and oxygen atoms in total. The standard InChI is InChI=1S/C7H12N4OS2/c1-10-6(8-9-7(10)13)11-2-4-14(12)5-3-11/h2-5H2,1H3,(H,9,13). The second-order valence-corrected chi connectivity index (χ2v) is 5.31. The van der Waals surface area contributed by atoms with Gasteiger partial charge in [0.15, 0.2) is 4.77 Å². The van der Waals surface area contributed by atoms with E-state index in [1.807, 2.05) is 11.6 Å². The fourth-order valence-corrected chi connectivity index (χ4v) is 2.64. The molecular formula is C7H12N4OS2. The van der Waals surface area contributed by atoms with Crippen LogP contribution in [0.5, 0.6) is 0 Å². The van der Waals surface area contributed by atoms with Crippen LogP contribution in [0.25, 0.3) is 0 Å². The minimum Gasteiger partial charge on any atom is -0.339 e. The van der Waals surface area contributed by atoms with Crippen molar-refractivity contribution in [1.29, 1.82) is 0 Å². The van der Waals surface area contributed by atoms with Gasteiger partial charge in [-0.05, 0) is 12.2 Å². The van der Waals surface area contributed by atoms with Crippen molar-refractivity contribution in [3.63, 3.8) is 0 Å². The van der Waals surface area contributed by atoms with Crippen molar-refractivity contribution in [3.05, 3.63) is 4.77 Å². The molecule has 1 aliphatic rings. The van der Waals surface area contributed by atoms with Gasteiger partial charge in [0.2, 0.25) is 5.95 Å². The average Bonchev–Trinajstić information content (AvgIpc) is 2.50. The van der Waals surface area contributed by atoms with Gasteiger partial charge < -0.3 is 4.90 Å².